The lowest BCUT2D eigenvalue weighted by molar-refractivity contribution is 0.102. The number of aromatic nitrogens is 1. The van der Waals surface area contributed by atoms with E-state index in [1.54, 1.807) is 12.1 Å². The molecule has 3 rings (SSSR count). The Kier molecular flexibility index (Phi) is 5.91. The van der Waals surface area contributed by atoms with Crippen LogP contribution in [0, 0.1) is 20.8 Å². The molecule has 0 unspecified atom stereocenters. The van der Waals surface area contributed by atoms with Crippen LogP contribution in [0.2, 0.25) is 5.02 Å². The zero-order valence-electron chi connectivity index (χ0n) is 16.3. The van der Waals surface area contributed by atoms with Gasteiger partial charge >= 0.3 is 0 Å². The Hall–Kier alpha value is -2.57. The van der Waals surface area contributed by atoms with E-state index in [1.165, 1.54) is 31.1 Å². The van der Waals surface area contributed by atoms with Crippen LogP contribution in [-0.2, 0) is 0 Å². The number of hydrogen-bond donors (Lipinski definition) is 1. The van der Waals surface area contributed by atoms with Gasteiger partial charge in [0.25, 0.3) is 5.91 Å². The Morgan fingerprint density at radius 2 is 1.75 bits per heavy atom. The van der Waals surface area contributed by atoms with Crippen LogP contribution in [0.3, 0.4) is 0 Å². The van der Waals surface area contributed by atoms with E-state index >= 15 is 0 Å². The lowest BCUT2D eigenvalue weighted by Crippen LogP contribution is -2.12. The Balaban J connectivity index is 1.87. The first-order chi connectivity index (χ1) is 13.3. The van der Waals surface area contributed by atoms with Crippen molar-refractivity contribution in [3.05, 3.63) is 56.9 Å². The molecule has 1 N–H and O–H groups in total. The molecule has 1 aromatic heterocycles. The van der Waals surface area contributed by atoms with Crippen LogP contribution < -0.4 is 14.8 Å². The summed E-state index contributed by atoms with van der Waals surface area (Å²) in [5.41, 5.74) is 5.84. The van der Waals surface area contributed by atoms with Gasteiger partial charge in [0.1, 0.15) is 0 Å². The highest BCUT2D eigenvalue weighted by Crippen LogP contribution is 2.36. The zero-order valence-corrected chi connectivity index (χ0v) is 17.9. The first-order valence-electron chi connectivity index (χ1n) is 8.60. The van der Waals surface area contributed by atoms with Gasteiger partial charge in [-0.15, -0.1) is 11.3 Å². The summed E-state index contributed by atoms with van der Waals surface area (Å²) in [5, 5.41) is 5.60. The molecule has 0 aliphatic rings. The third-order valence-electron chi connectivity index (χ3n) is 4.35. The number of anilines is 1. The van der Waals surface area contributed by atoms with Crippen molar-refractivity contribution in [2.24, 2.45) is 0 Å². The molecule has 3 aromatic rings. The van der Waals surface area contributed by atoms with Gasteiger partial charge in [0.15, 0.2) is 16.6 Å². The number of amides is 1. The minimum Gasteiger partial charge on any atom is -0.493 e. The topological polar surface area (TPSA) is 60.5 Å². The molecular weight excluding hydrogens is 396 g/mol. The van der Waals surface area contributed by atoms with Gasteiger partial charge in [0.05, 0.1) is 24.9 Å². The minimum absolute atomic E-state index is 0.303. The smallest absolute Gasteiger partial charge is 0.257 e. The Morgan fingerprint density at radius 1 is 1.07 bits per heavy atom. The maximum absolute atomic E-state index is 12.7. The van der Waals surface area contributed by atoms with Crippen molar-refractivity contribution in [1.82, 2.24) is 4.98 Å². The van der Waals surface area contributed by atoms with Crippen molar-refractivity contribution in [2.45, 2.75) is 20.8 Å². The van der Waals surface area contributed by atoms with Crippen LogP contribution >= 0.6 is 22.9 Å². The van der Waals surface area contributed by atoms with E-state index in [4.69, 9.17) is 21.1 Å². The second-order valence-corrected chi connectivity index (χ2v) is 7.72. The number of carbonyl (C=O) groups excluding carboxylic acids is 1. The number of carbonyl (C=O) groups is 1. The number of nitrogens with one attached hydrogen (secondary N) is 1. The van der Waals surface area contributed by atoms with Crippen LogP contribution in [0.15, 0.2) is 29.6 Å². The molecule has 1 amide bonds. The molecule has 2 aromatic carbocycles. The summed E-state index contributed by atoms with van der Waals surface area (Å²) in [7, 11) is 2.99. The van der Waals surface area contributed by atoms with Gasteiger partial charge in [0, 0.05) is 16.5 Å². The summed E-state index contributed by atoms with van der Waals surface area (Å²) >= 11 is 7.57. The zero-order chi connectivity index (χ0) is 20.4. The van der Waals surface area contributed by atoms with Crippen molar-refractivity contribution in [3.8, 4) is 22.8 Å². The second kappa shape index (κ2) is 8.20. The van der Waals surface area contributed by atoms with Gasteiger partial charge in [-0.2, -0.15) is 0 Å². The number of hydrogen-bond acceptors (Lipinski definition) is 5. The Morgan fingerprint density at radius 3 is 2.36 bits per heavy atom. The first-order valence-corrected chi connectivity index (χ1v) is 9.86. The molecule has 0 spiro atoms. The molecule has 1 heterocycles. The molecule has 5 nitrogen and oxygen atoms in total. The van der Waals surface area contributed by atoms with Crippen molar-refractivity contribution >= 4 is 34.0 Å². The maximum Gasteiger partial charge on any atom is 0.257 e. The van der Waals surface area contributed by atoms with Crippen LogP contribution in [0.5, 0.6) is 11.5 Å². The van der Waals surface area contributed by atoms with E-state index in [1.807, 2.05) is 5.38 Å². The highest BCUT2D eigenvalue weighted by molar-refractivity contribution is 7.14. The highest BCUT2D eigenvalue weighted by Gasteiger charge is 2.17. The average Bonchev–Trinajstić information content (AvgIpc) is 3.07. The fourth-order valence-electron chi connectivity index (χ4n) is 3.25. The van der Waals surface area contributed by atoms with Crippen LogP contribution in [0.4, 0.5) is 5.13 Å². The molecule has 0 aliphatic carbocycles. The van der Waals surface area contributed by atoms with Gasteiger partial charge in [0.2, 0.25) is 0 Å². The number of methoxy groups -OCH3 is 2. The summed E-state index contributed by atoms with van der Waals surface area (Å²) in [6, 6.07) is 7.39. The van der Waals surface area contributed by atoms with E-state index < -0.39 is 0 Å². The fraction of sp³-hybridized carbons (Fsp3) is 0.238. The first kappa shape index (κ1) is 20.2. The van der Waals surface area contributed by atoms with E-state index in [-0.39, 0.29) is 5.91 Å². The van der Waals surface area contributed by atoms with E-state index in [2.05, 4.69) is 43.2 Å². The number of nitrogens with zero attached hydrogens (tertiary/aromatic N) is 1. The third-order valence-corrected chi connectivity index (χ3v) is 5.39. The summed E-state index contributed by atoms with van der Waals surface area (Å²) in [6.45, 7) is 6.21. The average molecular weight is 417 g/mol. The molecule has 0 saturated heterocycles. The molecule has 7 heteroatoms. The number of aryl methyl sites for hydroxylation is 3. The lowest BCUT2D eigenvalue weighted by atomic mass is 9.98. The van der Waals surface area contributed by atoms with E-state index in [0.717, 1.165) is 22.4 Å². The van der Waals surface area contributed by atoms with Crippen molar-refractivity contribution in [2.75, 3.05) is 19.5 Å². The third kappa shape index (κ3) is 3.98. The van der Waals surface area contributed by atoms with E-state index in [0.29, 0.717) is 27.2 Å². The maximum atomic E-state index is 12.7. The summed E-state index contributed by atoms with van der Waals surface area (Å²) in [5.74, 6) is 0.467. The number of rotatable bonds is 5. The van der Waals surface area contributed by atoms with Gasteiger partial charge in [-0.3, -0.25) is 10.1 Å². The van der Waals surface area contributed by atoms with Crippen LogP contribution in [0.25, 0.3) is 11.3 Å². The predicted molar refractivity (Wildman–Crippen MR) is 114 cm³/mol. The Labute approximate surface area is 173 Å². The van der Waals surface area contributed by atoms with Gasteiger partial charge in [-0.1, -0.05) is 29.3 Å². The van der Waals surface area contributed by atoms with Crippen LogP contribution in [0.1, 0.15) is 27.0 Å². The Bertz CT molecular complexity index is 1020. The van der Waals surface area contributed by atoms with Crippen molar-refractivity contribution in [3.63, 3.8) is 0 Å². The minimum atomic E-state index is -0.318. The molecule has 0 atom stereocenters. The quantitative estimate of drug-likeness (QED) is 0.583. The SMILES string of the molecule is COc1cc(C(=O)Nc2nc(-c3c(C)cc(C)cc3C)cs2)cc(Cl)c1OC. The standard InChI is InChI=1S/C21H21ClN2O3S/c1-11-6-12(2)18(13(3)7-11)16-10-28-21(23-16)24-20(25)14-8-15(22)19(27-5)17(9-14)26-4/h6-10H,1-5H3,(H,23,24,25). The predicted octanol–water partition coefficient (Wildman–Crippen LogP) is 5.66. The number of halogens is 1. The summed E-state index contributed by atoms with van der Waals surface area (Å²) in [4.78, 5) is 17.3. The fourth-order valence-corrected chi connectivity index (χ4v) is 4.23. The lowest BCUT2D eigenvalue weighted by Gasteiger charge is -2.11. The highest BCUT2D eigenvalue weighted by atomic mass is 35.5. The number of ether oxygens (including phenoxy) is 2. The van der Waals surface area contributed by atoms with Gasteiger partial charge < -0.3 is 9.47 Å². The van der Waals surface area contributed by atoms with Gasteiger partial charge in [-0.25, -0.2) is 4.98 Å². The molecular formula is C21H21ClN2O3S. The molecule has 28 heavy (non-hydrogen) atoms. The molecule has 0 radical (unpaired) electrons. The van der Waals surface area contributed by atoms with Gasteiger partial charge in [-0.05, 0) is 44.0 Å². The van der Waals surface area contributed by atoms with Crippen molar-refractivity contribution in [1.29, 1.82) is 0 Å². The molecule has 0 bridgehead atoms. The summed E-state index contributed by atoms with van der Waals surface area (Å²) < 4.78 is 10.5. The van der Waals surface area contributed by atoms with Crippen molar-refractivity contribution < 1.29 is 14.3 Å². The number of thiazole rings is 1. The molecule has 0 fully saturated rings. The second-order valence-electron chi connectivity index (χ2n) is 6.46. The monoisotopic (exact) mass is 416 g/mol. The number of benzene rings is 2. The largest absolute Gasteiger partial charge is 0.493 e. The normalized spacial score (nSPS) is 10.6. The van der Waals surface area contributed by atoms with E-state index in [9.17, 15) is 4.79 Å². The molecule has 0 saturated carbocycles. The summed E-state index contributed by atoms with van der Waals surface area (Å²) in [6.07, 6.45) is 0. The molecule has 146 valence electrons. The van der Waals surface area contributed by atoms with Crippen LogP contribution in [-0.4, -0.2) is 25.1 Å². The molecule has 0 aliphatic heterocycles.